The van der Waals surface area contributed by atoms with Crippen molar-refractivity contribution >= 4 is 51.5 Å². The molecule has 1 atom stereocenters. The van der Waals surface area contributed by atoms with E-state index in [1.165, 1.54) is 6.20 Å². The lowest BCUT2D eigenvalue weighted by molar-refractivity contribution is 0.100. The maximum atomic E-state index is 11.9. The second-order valence-corrected chi connectivity index (χ2v) is 7.81. The number of fused-ring (bicyclic) bond motifs is 1. The topological polar surface area (TPSA) is 124 Å². The zero-order valence-electron chi connectivity index (χ0n) is 16.6. The molecule has 9 heteroatoms. The van der Waals surface area contributed by atoms with Crippen molar-refractivity contribution in [2.75, 3.05) is 10.6 Å². The van der Waals surface area contributed by atoms with E-state index in [0.29, 0.717) is 22.7 Å². The summed E-state index contributed by atoms with van der Waals surface area (Å²) in [7, 11) is 1.97. The molecule has 2 heterocycles. The Labute approximate surface area is 174 Å². The number of aryl methyl sites for hydroxylation is 1. The predicted molar refractivity (Wildman–Crippen MR) is 120 cm³/mol. The SMILES string of the molecule is CC(C)C[C@@H](Nc1ncc(C(N)=O)c(Nc2cccc3c2ccn3C)n1)C(N)=S. The van der Waals surface area contributed by atoms with Crippen LogP contribution in [0.4, 0.5) is 17.5 Å². The molecule has 3 rings (SSSR count). The summed E-state index contributed by atoms with van der Waals surface area (Å²) in [6, 6.07) is 7.60. The molecule has 0 bridgehead atoms. The van der Waals surface area contributed by atoms with Crippen molar-refractivity contribution in [1.29, 1.82) is 0 Å². The lowest BCUT2D eigenvalue weighted by Gasteiger charge is -2.20. The number of hydrogen-bond acceptors (Lipinski definition) is 6. The van der Waals surface area contributed by atoms with Crippen LogP contribution < -0.4 is 22.1 Å². The number of carbonyl (C=O) groups is 1. The van der Waals surface area contributed by atoms with Crippen LogP contribution in [0.15, 0.2) is 36.7 Å². The van der Waals surface area contributed by atoms with Crippen LogP contribution in [0, 0.1) is 5.92 Å². The Morgan fingerprint density at radius 1 is 1.28 bits per heavy atom. The standard InChI is InChI=1S/C20H25N7OS/c1-11(2)9-15(18(22)29)25-20-23-10-13(17(21)28)19(26-20)24-14-5-4-6-16-12(14)7-8-27(16)3/h4-8,10-11,15H,9H2,1-3H3,(H2,21,28)(H2,22,29)(H2,23,24,25,26)/t15-/m1/s1. The normalized spacial score (nSPS) is 12.1. The summed E-state index contributed by atoms with van der Waals surface area (Å²) < 4.78 is 2.02. The Kier molecular flexibility index (Phi) is 5.97. The summed E-state index contributed by atoms with van der Waals surface area (Å²) in [5, 5.41) is 7.38. The molecule has 3 aromatic rings. The molecule has 0 saturated heterocycles. The molecule has 2 aromatic heterocycles. The number of amides is 1. The Morgan fingerprint density at radius 2 is 2.03 bits per heavy atom. The molecule has 0 spiro atoms. The van der Waals surface area contributed by atoms with E-state index in [1.54, 1.807) is 0 Å². The molecule has 0 aliphatic heterocycles. The Morgan fingerprint density at radius 3 is 2.69 bits per heavy atom. The number of rotatable bonds is 8. The molecule has 0 unspecified atom stereocenters. The van der Waals surface area contributed by atoms with Gasteiger partial charge in [-0.05, 0) is 30.5 Å². The van der Waals surface area contributed by atoms with Crippen LogP contribution in [-0.4, -0.2) is 31.5 Å². The third-order valence-electron chi connectivity index (χ3n) is 4.59. The van der Waals surface area contributed by atoms with Crippen LogP contribution >= 0.6 is 12.2 Å². The fourth-order valence-corrected chi connectivity index (χ4v) is 3.29. The number of nitrogens with two attached hydrogens (primary N) is 2. The fourth-order valence-electron chi connectivity index (χ4n) is 3.14. The molecule has 8 nitrogen and oxygen atoms in total. The van der Waals surface area contributed by atoms with E-state index in [0.717, 1.165) is 23.0 Å². The first-order valence-electron chi connectivity index (χ1n) is 9.30. The Balaban J connectivity index is 1.97. The number of benzene rings is 1. The van der Waals surface area contributed by atoms with Crippen molar-refractivity contribution in [3.05, 3.63) is 42.2 Å². The van der Waals surface area contributed by atoms with Crippen molar-refractivity contribution in [3.8, 4) is 0 Å². The number of primary amides is 1. The zero-order chi connectivity index (χ0) is 21.1. The van der Waals surface area contributed by atoms with Crippen LogP contribution in [0.1, 0.15) is 30.6 Å². The van der Waals surface area contributed by atoms with Gasteiger partial charge >= 0.3 is 0 Å². The summed E-state index contributed by atoms with van der Waals surface area (Å²) in [6.45, 7) is 4.16. The molecule has 1 aromatic carbocycles. The summed E-state index contributed by atoms with van der Waals surface area (Å²) in [4.78, 5) is 20.9. The molecule has 0 aliphatic rings. The highest BCUT2D eigenvalue weighted by atomic mass is 32.1. The lowest BCUT2D eigenvalue weighted by atomic mass is 10.0. The molecule has 6 N–H and O–H groups in total. The zero-order valence-corrected chi connectivity index (χ0v) is 17.5. The number of aromatic nitrogens is 3. The van der Waals surface area contributed by atoms with Crippen LogP contribution in [0.2, 0.25) is 0 Å². The van der Waals surface area contributed by atoms with Gasteiger partial charge < -0.3 is 26.7 Å². The summed E-state index contributed by atoms with van der Waals surface area (Å²) in [5.41, 5.74) is 13.4. The monoisotopic (exact) mass is 411 g/mol. The van der Waals surface area contributed by atoms with Gasteiger partial charge in [0, 0.05) is 36.0 Å². The molecular weight excluding hydrogens is 386 g/mol. The number of hydrogen-bond donors (Lipinski definition) is 4. The fraction of sp³-hybridized carbons (Fsp3) is 0.300. The highest BCUT2D eigenvalue weighted by Crippen LogP contribution is 2.28. The second kappa shape index (κ2) is 8.44. The minimum atomic E-state index is -0.618. The van der Waals surface area contributed by atoms with Gasteiger partial charge in [0.05, 0.1) is 11.0 Å². The number of nitrogens with zero attached hydrogens (tertiary/aromatic N) is 3. The van der Waals surface area contributed by atoms with Gasteiger partial charge in [-0.1, -0.05) is 32.1 Å². The molecular formula is C20H25N7OS. The van der Waals surface area contributed by atoms with Gasteiger partial charge in [0.2, 0.25) is 5.95 Å². The van der Waals surface area contributed by atoms with Crippen molar-refractivity contribution in [1.82, 2.24) is 14.5 Å². The molecule has 152 valence electrons. The van der Waals surface area contributed by atoms with Crippen LogP contribution in [0.5, 0.6) is 0 Å². The quantitative estimate of drug-likeness (QED) is 0.420. The van der Waals surface area contributed by atoms with Gasteiger partial charge in [0.15, 0.2) is 0 Å². The molecule has 1 amide bonds. The first kappa shape index (κ1) is 20.5. The average molecular weight is 412 g/mol. The molecule has 0 saturated carbocycles. The maximum absolute atomic E-state index is 11.9. The van der Waals surface area contributed by atoms with E-state index in [1.807, 2.05) is 42.1 Å². The van der Waals surface area contributed by atoms with Gasteiger partial charge in [-0.15, -0.1) is 0 Å². The summed E-state index contributed by atoms with van der Waals surface area (Å²) in [6.07, 6.45) is 4.11. The van der Waals surface area contributed by atoms with Gasteiger partial charge in [0.25, 0.3) is 5.91 Å². The molecule has 0 aliphatic carbocycles. The number of carbonyl (C=O) groups excluding carboxylic acids is 1. The van der Waals surface area contributed by atoms with Gasteiger partial charge in [-0.25, -0.2) is 4.98 Å². The lowest BCUT2D eigenvalue weighted by Crippen LogP contribution is -2.35. The van der Waals surface area contributed by atoms with E-state index in [-0.39, 0.29) is 11.6 Å². The number of thiocarbonyl (C=S) groups is 1. The average Bonchev–Trinajstić information content (AvgIpc) is 3.03. The molecule has 0 fully saturated rings. The van der Waals surface area contributed by atoms with E-state index >= 15 is 0 Å². The highest BCUT2D eigenvalue weighted by molar-refractivity contribution is 7.80. The number of anilines is 3. The smallest absolute Gasteiger partial charge is 0.254 e. The minimum Gasteiger partial charge on any atom is -0.392 e. The van der Waals surface area contributed by atoms with Crippen molar-refractivity contribution in [2.24, 2.45) is 24.4 Å². The van der Waals surface area contributed by atoms with Gasteiger partial charge in [0.1, 0.15) is 11.4 Å². The van der Waals surface area contributed by atoms with Crippen LogP contribution in [0.25, 0.3) is 10.9 Å². The van der Waals surface area contributed by atoms with E-state index in [4.69, 9.17) is 23.7 Å². The predicted octanol–water partition coefficient (Wildman–Crippen LogP) is 2.92. The van der Waals surface area contributed by atoms with E-state index < -0.39 is 5.91 Å². The second-order valence-electron chi connectivity index (χ2n) is 7.34. The molecule has 0 radical (unpaired) electrons. The van der Waals surface area contributed by atoms with Crippen LogP contribution in [0.3, 0.4) is 0 Å². The van der Waals surface area contributed by atoms with Crippen LogP contribution in [-0.2, 0) is 7.05 Å². The van der Waals surface area contributed by atoms with Crippen molar-refractivity contribution in [2.45, 2.75) is 26.3 Å². The third-order valence-corrected chi connectivity index (χ3v) is 4.87. The first-order valence-corrected chi connectivity index (χ1v) is 9.71. The van der Waals surface area contributed by atoms with E-state index in [9.17, 15) is 4.79 Å². The van der Waals surface area contributed by atoms with E-state index in [2.05, 4.69) is 34.4 Å². The Hall–Kier alpha value is -3.20. The third kappa shape index (κ3) is 4.62. The van der Waals surface area contributed by atoms with Gasteiger partial charge in [-0.2, -0.15) is 4.98 Å². The maximum Gasteiger partial charge on any atom is 0.254 e. The van der Waals surface area contributed by atoms with Crippen molar-refractivity contribution in [3.63, 3.8) is 0 Å². The summed E-state index contributed by atoms with van der Waals surface area (Å²) >= 11 is 5.16. The minimum absolute atomic E-state index is 0.194. The Bertz CT molecular complexity index is 1060. The van der Waals surface area contributed by atoms with Crippen molar-refractivity contribution < 1.29 is 4.79 Å². The van der Waals surface area contributed by atoms with Gasteiger partial charge in [-0.3, -0.25) is 4.79 Å². The largest absolute Gasteiger partial charge is 0.392 e. The highest BCUT2D eigenvalue weighted by Gasteiger charge is 2.18. The first-order chi connectivity index (χ1) is 13.8. The number of nitrogens with one attached hydrogen (secondary N) is 2. The molecule has 29 heavy (non-hydrogen) atoms. The summed E-state index contributed by atoms with van der Waals surface area (Å²) in [5.74, 6) is 0.397.